The topological polar surface area (TPSA) is 87.1 Å². The molecule has 2 aliphatic heterocycles. The normalized spacial score (nSPS) is 23.2. The molecule has 13 heteroatoms. The molecule has 178 valence electrons. The van der Waals surface area contributed by atoms with E-state index in [1.165, 1.54) is 20.2 Å². The Hall–Kier alpha value is -2.41. The lowest BCUT2D eigenvalue weighted by molar-refractivity contribution is 0.0859. The van der Waals surface area contributed by atoms with Gasteiger partial charge in [-0.3, -0.25) is 4.98 Å². The van der Waals surface area contributed by atoms with Crippen molar-refractivity contribution in [2.24, 2.45) is 5.16 Å². The predicted octanol–water partition coefficient (Wildman–Crippen LogP) is 2.87. The number of hydrogen-bond acceptors (Lipinski definition) is 6. The second-order valence-electron chi connectivity index (χ2n) is 7.95. The highest BCUT2D eigenvalue weighted by Crippen LogP contribution is 2.37. The molecule has 0 aliphatic carbocycles. The fraction of sp³-hybridized carbons (Fsp3) is 0.400. The SMILES string of the molecule is CN(C)S(=O)(=O)N[C@@H]1CN(C2=NOC(c3ccc(Cl)cc3-c3ncc(F)cc3F)C2)C[C@@H]1F. The average molecular weight is 504 g/mol. The number of pyridine rings is 1. The Balaban J connectivity index is 1.52. The van der Waals surface area contributed by atoms with Crippen LogP contribution in [0, 0.1) is 11.6 Å². The third kappa shape index (κ3) is 4.93. The largest absolute Gasteiger partial charge is 0.386 e. The Bertz CT molecular complexity index is 1200. The van der Waals surface area contributed by atoms with Gasteiger partial charge in [0.05, 0.1) is 25.2 Å². The summed E-state index contributed by atoms with van der Waals surface area (Å²) < 4.78 is 69.7. The second-order valence-corrected chi connectivity index (χ2v) is 10.3. The summed E-state index contributed by atoms with van der Waals surface area (Å²) in [5.41, 5.74) is 0.758. The van der Waals surface area contributed by atoms with E-state index in [1.807, 2.05) is 0 Å². The van der Waals surface area contributed by atoms with Crippen LogP contribution in [0.1, 0.15) is 18.1 Å². The lowest BCUT2D eigenvalue weighted by Crippen LogP contribution is -2.46. The van der Waals surface area contributed by atoms with Gasteiger partial charge in [-0.25, -0.2) is 13.2 Å². The molecule has 33 heavy (non-hydrogen) atoms. The van der Waals surface area contributed by atoms with Gasteiger partial charge in [-0.15, -0.1) is 0 Å². The van der Waals surface area contributed by atoms with E-state index in [0.29, 0.717) is 22.0 Å². The number of alkyl halides is 1. The van der Waals surface area contributed by atoms with Gasteiger partial charge in [0, 0.05) is 42.9 Å². The van der Waals surface area contributed by atoms with Crippen LogP contribution in [0.5, 0.6) is 0 Å². The maximum absolute atomic E-state index is 14.5. The molecule has 1 unspecified atom stereocenters. The summed E-state index contributed by atoms with van der Waals surface area (Å²) in [6.45, 7) is 0.0158. The number of halogens is 4. The number of hydrogen-bond donors (Lipinski definition) is 1. The van der Waals surface area contributed by atoms with E-state index in [4.69, 9.17) is 16.4 Å². The van der Waals surface area contributed by atoms with Crippen LogP contribution in [0.3, 0.4) is 0 Å². The summed E-state index contributed by atoms with van der Waals surface area (Å²) in [5, 5.41) is 4.38. The first-order chi connectivity index (χ1) is 15.5. The van der Waals surface area contributed by atoms with E-state index in [1.54, 1.807) is 17.0 Å². The molecule has 1 saturated heterocycles. The number of oxime groups is 1. The van der Waals surface area contributed by atoms with E-state index in [-0.39, 0.29) is 25.2 Å². The number of nitrogens with zero attached hydrogens (tertiary/aromatic N) is 4. The van der Waals surface area contributed by atoms with Gasteiger partial charge in [-0.1, -0.05) is 22.8 Å². The fourth-order valence-corrected chi connectivity index (χ4v) is 4.72. The van der Waals surface area contributed by atoms with Crippen molar-refractivity contribution < 1.29 is 26.4 Å². The zero-order valence-corrected chi connectivity index (χ0v) is 19.2. The molecule has 1 N–H and O–H groups in total. The van der Waals surface area contributed by atoms with Crippen LogP contribution in [-0.2, 0) is 15.0 Å². The maximum Gasteiger partial charge on any atom is 0.279 e. The van der Waals surface area contributed by atoms with Crippen LogP contribution >= 0.6 is 11.6 Å². The Kier molecular flexibility index (Phi) is 6.54. The minimum atomic E-state index is -3.80. The van der Waals surface area contributed by atoms with Gasteiger partial charge in [0.1, 0.15) is 23.5 Å². The van der Waals surface area contributed by atoms with E-state index >= 15 is 0 Å². The van der Waals surface area contributed by atoms with Crippen molar-refractivity contribution in [1.82, 2.24) is 18.9 Å². The molecule has 3 heterocycles. The number of nitrogens with one attached hydrogen (secondary N) is 1. The van der Waals surface area contributed by atoms with Crippen LogP contribution in [0.2, 0.25) is 5.02 Å². The van der Waals surface area contributed by atoms with Crippen molar-refractivity contribution in [3.63, 3.8) is 0 Å². The molecule has 0 saturated carbocycles. The Labute approximate surface area is 194 Å². The first-order valence-electron chi connectivity index (χ1n) is 9.97. The minimum Gasteiger partial charge on any atom is -0.386 e. The van der Waals surface area contributed by atoms with Crippen LogP contribution < -0.4 is 4.72 Å². The smallest absolute Gasteiger partial charge is 0.279 e. The summed E-state index contributed by atoms with van der Waals surface area (Å²) in [7, 11) is -1.10. The number of likely N-dealkylation sites (tertiary alicyclic amines) is 1. The third-order valence-electron chi connectivity index (χ3n) is 5.47. The average Bonchev–Trinajstić information content (AvgIpc) is 3.35. The quantitative estimate of drug-likeness (QED) is 0.678. The van der Waals surface area contributed by atoms with Gasteiger partial charge < -0.3 is 9.74 Å². The van der Waals surface area contributed by atoms with Gasteiger partial charge in [-0.05, 0) is 12.1 Å². The highest BCUT2D eigenvalue weighted by molar-refractivity contribution is 7.87. The molecular weight excluding hydrogens is 483 g/mol. The highest BCUT2D eigenvalue weighted by Gasteiger charge is 2.40. The lowest BCUT2D eigenvalue weighted by atomic mass is 9.97. The maximum atomic E-state index is 14.5. The van der Waals surface area contributed by atoms with Gasteiger partial charge in [-0.2, -0.15) is 17.4 Å². The second kappa shape index (κ2) is 9.09. The van der Waals surface area contributed by atoms with Crippen molar-refractivity contribution in [2.75, 3.05) is 27.2 Å². The van der Waals surface area contributed by atoms with Crippen molar-refractivity contribution >= 4 is 27.6 Å². The van der Waals surface area contributed by atoms with Gasteiger partial charge in [0.25, 0.3) is 10.2 Å². The zero-order chi connectivity index (χ0) is 23.9. The van der Waals surface area contributed by atoms with Crippen molar-refractivity contribution in [1.29, 1.82) is 0 Å². The molecule has 0 spiro atoms. The monoisotopic (exact) mass is 503 g/mol. The van der Waals surface area contributed by atoms with Crippen LogP contribution in [0.25, 0.3) is 11.3 Å². The Morgan fingerprint density at radius 3 is 2.70 bits per heavy atom. The van der Waals surface area contributed by atoms with Crippen molar-refractivity contribution in [3.8, 4) is 11.3 Å². The van der Waals surface area contributed by atoms with E-state index < -0.39 is 40.2 Å². The van der Waals surface area contributed by atoms with Crippen LogP contribution in [0.15, 0.2) is 35.6 Å². The molecule has 0 bridgehead atoms. The zero-order valence-electron chi connectivity index (χ0n) is 17.7. The Morgan fingerprint density at radius 1 is 1.24 bits per heavy atom. The van der Waals surface area contributed by atoms with E-state index in [9.17, 15) is 21.6 Å². The number of amidine groups is 1. The van der Waals surface area contributed by atoms with Crippen LogP contribution in [0.4, 0.5) is 13.2 Å². The molecule has 1 fully saturated rings. The molecular formula is C20H21ClF3N5O3S. The van der Waals surface area contributed by atoms with E-state index in [2.05, 4.69) is 14.9 Å². The first-order valence-corrected chi connectivity index (χ1v) is 11.8. The van der Waals surface area contributed by atoms with Crippen LogP contribution in [-0.4, -0.2) is 67.8 Å². The highest BCUT2D eigenvalue weighted by atomic mass is 35.5. The first kappa shape index (κ1) is 23.7. The summed E-state index contributed by atoms with van der Waals surface area (Å²) >= 11 is 6.09. The lowest BCUT2D eigenvalue weighted by Gasteiger charge is -2.19. The molecule has 4 rings (SSSR count). The number of rotatable bonds is 5. The summed E-state index contributed by atoms with van der Waals surface area (Å²) in [5.74, 6) is -1.23. The molecule has 2 aliphatic rings. The molecule has 1 aromatic heterocycles. The molecule has 1 aromatic carbocycles. The van der Waals surface area contributed by atoms with Crippen molar-refractivity contribution in [2.45, 2.75) is 24.7 Å². The van der Waals surface area contributed by atoms with Crippen molar-refractivity contribution in [3.05, 3.63) is 52.7 Å². The third-order valence-corrected chi connectivity index (χ3v) is 7.27. The van der Waals surface area contributed by atoms with Gasteiger partial charge in [0.2, 0.25) is 0 Å². The summed E-state index contributed by atoms with van der Waals surface area (Å²) in [6, 6.07) is 4.53. The van der Waals surface area contributed by atoms with Gasteiger partial charge >= 0.3 is 0 Å². The fourth-order valence-electron chi connectivity index (χ4n) is 3.73. The standard InChI is InChI=1S/C20H21ClF3N5O3S/c1-28(2)33(30,31)27-17-10-29(9-16(17)24)19-7-18(32-26-19)13-4-3-11(21)5-14(13)20-15(23)6-12(22)8-25-20/h3-6,8,16-18,27H,7,9-10H2,1-2H3/t16-,17+,18?/m0/s1. The Morgan fingerprint density at radius 2 is 2.00 bits per heavy atom. The summed E-state index contributed by atoms with van der Waals surface area (Å²) in [6.07, 6.45) is -0.947. The minimum absolute atomic E-state index is 0.0584. The molecule has 3 atom stereocenters. The van der Waals surface area contributed by atoms with E-state index in [0.717, 1.165) is 16.6 Å². The number of benzene rings is 1. The summed E-state index contributed by atoms with van der Waals surface area (Å²) in [4.78, 5) is 11.0. The molecule has 8 nitrogen and oxygen atoms in total. The molecule has 0 amide bonds. The molecule has 2 aromatic rings. The predicted molar refractivity (Wildman–Crippen MR) is 116 cm³/mol. The van der Waals surface area contributed by atoms with Gasteiger partial charge in [0.15, 0.2) is 11.9 Å². The number of aromatic nitrogens is 1. The molecule has 0 radical (unpaired) electrons.